The summed E-state index contributed by atoms with van der Waals surface area (Å²) in [7, 11) is 0. The summed E-state index contributed by atoms with van der Waals surface area (Å²) in [5.74, 6) is 0. The number of aliphatic hydroxyl groups excluding tert-OH is 1. The third kappa shape index (κ3) is 6.02. The van der Waals surface area contributed by atoms with Crippen molar-refractivity contribution < 1.29 is 9.50 Å². The van der Waals surface area contributed by atoms with Crippen LogP contribution >= 0.6 is 0 Å². The van der Waals surface area contributed by atoms with E-state index in [0.29, 0.717) is 12.8 Å². The highest BCUT2D eigenvalue weighted by Crippen LogP contribution is 2.17. The Bertz CT molecular complexity index is 85.7. The van der Waals surface area contributed by atoms with Crippen molar-refractivity contribution in [1.29, 1.82) is 0 Å². The number of aliphatic hydroxyl groups is 1. The summed E-state index contributed by atoms with van der Waals surface area (Å²) in [6.45, 7) is 4.97. The molecule has 0 aliphatic rings. The molecule has 1 N–H and O–H groups in total. The van der Waals surface area contributed by atoms with Crippen LogP contribution in [0.25, 0.3) is 0 Å². The molecule has 0 aromatic rings. The van der Waals surface area contributed by atoms with Gasteiger partial charge < -0.3 is 5.11 Å². The SMILES string of the molecule is CCC(O)CCC(C)(C)F. The van der Waals surface area contributed by atoms with Crippen molar-refractivity contribution in [2.75, 3.05) is 0 Å². The molecule has 2 heteroatoms. The summed E-state index contributed by atoms with van der Waals surface area (Å²) >= 11 is 0. The molecule has 10 heavy (non-hydrogen) atoms. The Morgan fingerprint density at radius 3 is 2.30 bits per heavy atom. The Hall–Kier alpha value is -0.110. The van der Waals surface area contributed by atoms with E-state index < -0.39 is 5.67 Å². The summed E-state index contributed by atoms with van der Waals surface area (Å²) in [5, 5.41) is 9.05. The van der Waals surface area contributed by atoms with Crippen LogP contribution in [0.1, 0.15) is 40.0 Å². The second kappa shape index (κ2) is 3.91. The van der Waals surface area contributed by atoms with Crippen LogP contribution in [0.5, 0.6) is 0 Å². The van der Waals surface area contributed by atoms with E-state index in [-0.39, 0.29) is 6.10 Å². The molecule has 1 atom stereocenters. The first-order valence-electron chi connectivity index (χ1n) is 3.82. The number of alkyl halides is 1. The van der Waals surface area contributed by atoms with Crippen LogP contribution in [0.2, 0.25) is 0 Å². The zero-order valence-electron chi connectivity index (χ0n) is 7.02. The second-order valence-electron chi connectivity index (χ2n) is 3.32. The van der Waals surface area contributed by atoms with Crippen molar-refractivity contribution in [1.82, 2.24) is 0 Å². The lowest BCUT2D eigenvalue weighted by Gasteiger charge is -2.15. The molecule has 0 aromatic heterocycles. The number of halogens is 1. The molecule has 0 amide bonds. The highest BCUT2D eigenvalue weighted by atomic mass is 19.1. The molecule has 0 saturated heterocycles. The van der Waals surface area contributed by atoms with Gasteiger partial charge in [0.1, 0.15) is 5.67 Å². The van der Waals surface area contributed by atoms with Crippen LogP contribution in [0.15, 0.2) is 0 Å². The summed E-state index contributed by atoms with van der Waals surface area (Å²) in [6.07, 6.45) is 1.41. The Morgan fingerprint density at radius 1 is 1.50 bits per heavy atom. The van der Waals surface area contributed by atoms with Crippen LogP contribution in [0, 0.1) is 0 Å². The van der Waals surface area contributed by atoms with Gasteiger partial charge in [0, 0.05) is 0 Å². The minimum Gasteiger partial charge on any atom is -0.393 e. The Kier molecular flexibility index (Phi) is 3.87. The van der Waals surface area contributed by atoms with E-state index in [9.17, 15) is 4.39 Å². The van der Waals surface area contributed by atoms with Gasteiger partial charge in [0.2, 0.25) is 0 Å². The van der Waals surface area contributed by atoms with Crippen LogP contribution < -0.4 is 0 Å². The van der Waals surface area contributed by atoms with E-state index in [1.165, 1.54) is 13.8 Å². The van der Waals surface area contributed by atoms with Crippen molar-refractivity contribution in [2.45, 2.75) is 51.8 Å². The van der Waals surface area contributed by atoms with Gasteiger partial charge in [-0.15, -0.1) is 0 Å². The molecule has 0 spiro atoms. The second-order valence-corrected chi connectivity index (χ2v) is 3.32. The van der Waals surface area contributed by atoms with Crippen molar-refractivity contribution in [3.05, 3.63) is 0 Å². The van der Waals surface area contributed by atoms with Gasteiger partial charge in [-0.05, 0) is 33.1 Å². The van der Waals surface area contributed by atoms with Crippen LogP contribution in [-0.4, -0.2) is 16.9 Å². The summed E-state index contributed by atoms with van der Waals surface area (Å²) in [4.78, 5) is 0. The van der Waals surface area contributed by atoms with Crippen molar-refractivity contribution in [2.24, 2.45) is 0 Å². The third-order valence-electron chi connectivity index (χ3n) is 1.54. The van der Waals surface area contributed by atoms with E-state index in [4.69, 9.17) is 5.11 Å². The molecule has 0 bridgehead atoms. The van der Waals surface area contributed by atoms with Gasteiger partial charge in [0.25, 0.3) is 0 Å². The van der Waals surface area contributed by atoms with Crippen LogP contribution in [0.3, 0.4) is 0 Å². The molecule has 0 aliphatic carbocycles. The molecule has 0 rings (SSSR count). The van der Waals surface area contributed by atoms with Crippen molar-refractivity contribution >= 4 is 0 Å². The number of hydrogen-bond donors (Lipinski definition) is 1. The smallest absolute Gasteiger partial charge is 0.105 e. The van der Waals surface area contributed by atoms with E-state index in [1.54, 1.807) is 0 Å². The van der Waals surface area contributed by atoms with Crippen molar-refractivity contribution in [3.8, 4) is 0 Å². The maximum atomic E-state index is 12.8. The standard InChI is InChI=1S/C8H17FO/c1-4-7(10)5-6-8(2,3)9/h7,10H,4-6H2,1-3H3. The summed E-state index contributed by atoms with van der Waals surface area (Å²) in [5.41, 5.74) is -1.13. The first-order valence-corrected chi connectivity index (χ1v) is 3.82. The fourth-order valence-corrected chi connectivity index (χ4v) is 0.714. The lowest BCUT2D eigenvalue weighted by Crippen LogP contribution is -2.16. The molecular formula is C8H17FO. The van der Waals surface area contributed by atoms with E-state index in [1.807, 2.05) is 6.92 Å². The fraction of sp³-hybridized carbons (Fsp3) is 1.00. The predicted octanol–water partition coefficient (Wildman–Crippen LogP) is 2.29. The average molecular weight is 148 g/mol. The predicted molar refractivity (Wildman–Crippen MR) is 40.7 cm³/mol. The number of hydrogen-bond acceptors (Lipinski definition) is 1. The first kappa shape index (κ1) is 9.89. The zero-order chi connectivity index (χ0) is 8.20. The van der Waals surface area contributed by atoms with E-state index >= 15 is 0 Å². The molecule has 0 radical (unpaired) electrons. The van der Waals surface area contributed by atoms with E-state index in [2.05, 4.69) is 0 Å². The van der Waals surface area contributed by atoms with Gasteiger partial charge in [-0.3, -0.25) is 0 Å². The molecule has 0 heterocycles. The Balaban J connectivity index is 3.36. The topological polar surface area (TPSA) is 20.2 Å². The largest absolute Gasteiger partial charge is 0.393 e. The minimum absolute atomic E-state index is 0.324. The van der Waals surface area contributed by atoms with Crippen LogP contribution in [0.4, 0.5) is 4.39 Å². The van der Waals surface area contributed by atoms with Gasteiger partial charge in [0.15, 0.2) is 0 Å². The lowest BCUT2D eigenvalue weighted by molar-refractivity contribution is 0.119. The Morgan fingerprint density at radius 2 is 2.00 bits per heavy atom. The average Bonchev–Trinajstić information content (AvgIpc) is 1.81. The first-order chi connectivity index (χ1) is 4.45. The zero-order valence-corrected chi connectivity index (χ0v) is 7.02. The lowest BCUT2D eigenvalue weighted by atomic mass is 10.0. The monoisotopic (exact) mass is 148 g/mol. The van der Waals surface area contributed by atoms with Gasteiger partial charge >= 0.3 is 0 Å². The molecule has 1 nitrogen and oxygen atoms in total. The van der Waals surface area contributed by atoms with Gasteiger partial charge in [-0.2, -0.15) is 0 Å². The molecule has 62 valence electrons. The quantitative estimate of drug-likeness (QED) is 0.648. The number of rotatable bonds is 4. The van der Waals surface area contributed by atoms with Gasteiger partial charge in [-0.25, -0.2) is 4.39 Å². The molecule has 0 fully saturated rings. The van der Waals surface area contributed by atoms with Gasteiger partial charge in [-0.1, -0.05) is 6.92 Å². The van der Waals surface area contributed by atoms with Crippen LogP contribution in [-0.2, 0) is 0 Å². The molecule has 0 saturated carbocycles. The normalized spacial score (nSPS) is 15.3. The summed E-state index contributed by atoms with van der Waals surface area (Å²) in [6, 6.07) is 0. The van der Waals surface area contributed by atoms with E-state index in [0.717, 1.165) is 6.42 Å². The third-order valence-corrected chi connectivity index (χ3v) is 1.54. The molecule has 0 aliphatic heterocycles. The molecular weight excluding hydrogens is 131 g/mol. The summed E-state index contributed by atoms with van der Waals surface area (Å²) < 4.78 is 12.8. The molecule has 1 unspecified atom stereocenters. The maximum absolute atomic E-state index is 12.8. The highest BCUT2D eigenvalue weighted by Gasteiger charge is 2.16. The fourth-order valence-electron chi connectivity index (χ4n) is 0.714. The minimum atomic E-state index is -1.13. The molecule has 0 aromatic carbocycles. The van der Waals surface area contributed by atoms with Gasteiger partial charge in [0.05, 0.1) is 6.10 Å². The van der Waals surface area contributed by atoms with Crippen molar-refractivity contribution in [3.63, 3.8) is 0 Å². The maximum Gasteiger partial charge on any atom is 0.105 e. The Labute approximate surface area is 62.3 Å². The highest BCUT2D eigenvalue weighted by molar-refractivity contribution is 4.67.